The van der Waals surface area contributed by atoms with Gasteiger partial charge in [-0.2, -0.15) is 0 Å². The monoisotopic (exact) mass is 315 g/mol. The van der Waals surface area contributed by atoms with Crippen LogP contribution in [0.5, 0.6) is 0 Å². The molecule has 0 aliphatic heterocycles. The summed E-state index contributed by atoms with van der Waals surface area (Å²) in [5, 5.41) is 9.81. The minimum absolute atomic E-state index is 0.141. The number of carboxylic acid groups (broad SMARTS) is 1. The minimum Gasteiger partial charge on any atom is -0.481 e. The van der Waals surface area contributed by atoms with Gasteiger partial charge in [-0.1, -0.05) is 30.1 Å². The van der Waals surface area contributed by atoms with Gasteiger partial charge in [0.25, 0.3) is 0 Å². The van der Waals surface area contributed by atoms with Gasteiger partial charge in [-0.15, -0.1) is 0 Å². The molecule has 0 saturated heterocycles. The molecule has 1 N–H and O–H groups in total. The fraction of sp³-hybridized carbons (Fsp3) is 0.286. The predicted molar refractivity (Wildman–Crippen MR) is 79.9 cm³/mol. The zero-order valence-electron chi connectivity index (χ0n) is 11.1. The number of aliphatic carboxylic acids is 1. The van der Waals surface area contributed by atoms with Crippen LogP contribution >= 0.6 is 23.2 Å². The Morgan fingerprint density at radius 2 is 2.05 bits per heavy atom. The van der Waals surface area contributed by atoms with Crippen molar-refractivity contribution in [2.45, 2.75) is 6.92 Å². The molecule has 0 aliphatic carbocycles. The molecule has 0 aromatic heterocycles. The quantitative estimate of drug-likeness (QED) is 0.849. The Bertz CT molecular complexity index is 543. The van der Waals surface area contributed by atoms with E-state index < -0.39 is 11.9 Å². The highest BCUT2D eigenvalue weighted by atomic mass is 35.5. The molecule has 1 aromatic rings. The summed E-state index contributed by atoms with van der Waals surface area (Å²) in [6.07, 6.45) is 2.89. The second-order valence-electron chi connectivity index (χ2n) is 4.46. The van der Waals surface area contributed by atoms with Crippen LogP contribution in [0.4, 0.5) is 0 Å². The first-order valence-corrected chi connectivity index (χ1v) is 6.68. The number of halogens is 2. The average Bonchev–Trinajstić information content (AvgIpc) is 2.39. The number of rotatable bonds is 5. The highest BCUT2D eigenvalue weighted by Crippen LogP contribution is 2.21. The summed E-state index contributed by atoms with van der Waals surface area (Å²) in [6, 6.07) is 4.95. The fourth-order valence-electron chi connectivity index (χ4n) is 1.51. The van der Waals surface area contributed by atoms with Crippen molar-refractivity contribution in [3.63, 3.8) is 0 Å². The van der Waals surface area contributed by atoms with Crippen LogP contribution in [-0.2, 0) is 9.59 Å². The molecule has 1 amide bonds. The van der Waals surface area contributed by atoms with Gasteiger partial charge in [-0.25, -0.2) is 0 Å². The van der Waals surface area contributed by atoms with Crippen LogP contribution in [0.15, 0.2) is 24.3 Å². The average molecular weight is 316 g/mol. The zero-order chi connectivity index (χ0) is 15.3. The summed E-state index contributed by atoms with van der Waals surface area (Å²) in [7, 11) is 1.55. The molecule has 0 saturated carbocycles. The standard InChI is InChI=1S/C14H15Cl2NO3/c1-9(14(19)20)8-17(2)13(18)6-3-10-7-11(15)4-5-12(10)16/h3-7,9H,8H2,1-2H3,(H,19,20). The number of carbonyl (C=O) groups is 2. The maximum Gasteiger partial charge on any atom is 0.308 e. The molecule has 1 rings (SSSR count). The maximum absolute atomic E-state index is 11.8. The summed E-state index contributed by atoms with van der Waals surface area (Å²) < 4.78 is 0. The van der Waals surface area contributed by atoms with E-state index in [2.05, 4.69) is 0 Å². The van der Waals surface area contributed by atoms with Crippen molar-refractivity contribution in [2.24, 2.45) is 5.92 Å². The van der Waals surface area contributed by atoms with Gasteiger partial charge in [-0.3, -0.25) is 9.59 Å². The Hall–Kier alpha value is -1.52. The minimum atomic E-state index is -0.938. The van der Waals surface area contributed by atoms with Gasteiger partial charge in [0.2, 0.25) is 5.91 Å². The molecule has 1 aromatic carbocycles. The number of amides is 1. The third kappa shape index (κ3) is 4.87. The number of hydrogen-bond acceptors (Lipinski definition) is 2. The highest BCUT2D eigenvalue weighted by molar-refractivity contribution is 6.34. The molecule has 6 heteroatoms. The molecule has 0 heterocycles. The third-order valence-electron chi connectivity index (χ3n) is 2.71. The lowest BCUT2D eigenvalue weighted by atomic mass is 10.1. The topological polar surface area (TPSA) is 57.6 Å². The van der Waals surface area contributed by atoms with Gasteiger partial charge in [0.05, 0.1) is 5.92 Å². The fourth-order valence-corrected chi connectivity index (χ4v) is 1.87. The van der Waals surface area contributed by atoms with E-state index in [9.17, 15) is 9.59 Å². The number of benzene rings is 1. The van der Waals surface area contributed by atoms with Crippen molar-refractivity contribution in [2.75, 3.05) is 13.6 Å². The van der Waals surface area contributed by atoms with Crippen molar-refractivity contribution in [3.8, 4) is 0 Å². The Morgan fingerprint density at radius 3 is 2.65 bits per heavy atom. The summed E-state index contributed by atoms with van der Waals surface area (Å²) in [5.41, 5.74) is 0.632. The van der Waals surface area contributed by atoms with Crippen molar-refractivity contribution in [3.05, 3.63) is 39.9 Å². The van der Waals surface area contributed by atoms with Gasteiger partial charge in [0.15, 0.2) is 0 Å². The lowest BCUT2D eigenvalue weighted by Crippen LogP contribution is -2.32. The lowest BCUT2D eigenvalue weighted by Gasteiger charge is -2.17. The van der Waals surface area contributed by atoms with Crippen LogP contribution in [0.2, 0.25) is 10.0 Å². The van der Waals surface area contributed by atoms with Crippen LogP contribution in [0, 0.1) is 5.92 Å². The molecule has 1 atom stereocenters. The smallest absolute Gasteiger partial charge is 0.308 e. The molecule has 108 valence electrons. The van der Waals surface area contributed by atoms with Gasteiger partial charge < -0.3 is 10.0 Å². The lowest BCUT2D eigenvalue weighted by molar-refractivity contribution is -0.142. The Morgan fingerprint density at radius 1 is 1.40 bits per heavy atom. The number of nitrogens with zero attached hydrogens (tertiary/aromatic N) is 1. The van der Waals surface area contributed by atoms with Crippen molar-refractivity contribution >= 4 is 41.2 Å². The molecule has 0 bridgehead atoms. The Balaban J connectivity index is 2.72. The predicted octanol–water partition coefficient (Wildman–Crippen LogP) is 3.19. The van der Waals surface area contributed by atoms with Crippen molar-refractivity contribution in [1.82, 2.24) is 4.90 Å². The molecule has 0 radical (unpaired) electrons. The normalized spacial score (nSPS) is 12.4. The molecule has 0 fully saturated rings. The second-order valence-corrected chi connectivity index (χ2v) is 5.30. The van der Waals surface area contributed by atoms with Crippen LogP contribution < -0.4 is 0 Å². The first-order chi connectivity index (χ1) is 9.31. The molecule has 1 unspecified atom stereocenters. The first-order valence-electron chi connectivity index (χ1n) is 5.92. The SMILES string of the molecule is CC(CN(C)C(=O)C=Cc1cc(Cl)ccc1Cl)C(=O)O. The van der Waals surface area contributed by atoms with Crippen LogP contribution in [0.3, 0.4) is 0 Å². The zero-order valence-corrected chi connectivity index (χ0v) is 12.6. The maximum atomic E-state index is 11.8. The van der Waals surface area contributed by atoms with E-state index in [1.54, 1.807) is 38.2 Å². The van der Waals surface area contributed by atoms with Crippen molar-refractivity contribution < 1.29 is 14.7 Å². The highest BCUT2D eigenvalue weighted by Gasteiger charge is 2.15. The summed E-state index contributed by atoms with van der Waals surface area (Å²) >= 11 is 11.8. The third-order valence-corrected chi connectivity index (χ3v) is 3.29. The van der Waals surface area contributed by atoms with Gasteiger partial charge >= 0.3 is 5.97 Å². The molecular formula is C14H15Cl2NO3. The molecule has 20 heavy (non-hydrogen) atoms. The van der Waals surface area contributed by atoms with Crippen LogP contribution in [-0.4, -0.2) is 35.5 Å². The number of hydrogen-bond donors (Lipinski definition) is 1. The van der Waals surface area contributed by atoms with Crippen LogP contribution in [0.1, 0.15) is 12.5 Å². The van der Waals surface area contributed by atoms with E-state index in [0.717, 1.165) is 0 Å². The molecule has 0 spiro atoms. The van der Waals surface area contributed by atoms with Gasteiger partial charge in [-0.05, 0) is 29.8 Å². The molecular weight excluding hydrogens is 301 g/mol. The first kappa shape index (κ1) is 16.5. The van der Waals surface area contributed by atoms with Crippen molar-refractivity contribution in [1.29, 1.82) is 0 Å². The molecule has 0 aliphatic rings. The van der Waals surface area contributed by atoms with E-state index in [4.69, 9.17) is 28.3 Å². The summed E-state index contributed by atoms with van der Waals surface area (Å²) in [4.78, 5) is 23.9. The van der Waals surface area contributed by atoms with E-state index in [-0.39, 0.29) is 12.5 Å². The number of carbonyl (C=O) groups excluding carboxylic acids is 1. The van der Waals surface area contributed by atoms with E-state index in [0.29, 0.717) is 15.6 Å². The van der Waals surface area contributed by atoms with E-state index >= 15 is 0 Å². The van der Waals surface area contributed by atoms with Gasteiger partial charge in [0.1, 0.15) is 0 Å². The van der Waals surface area contributed by atoms with E-state index in [1.807, 2.05) is 0 Å². The largest absolute Gasteiger partial charge is 0.481 e. The second kappa shape index (κ2) is 7.31. The van der Waals surface area contributed by atoms with Crippen LogP contribution in [0.25, 0.3) is 6.08 Å². The Kier molecular flexibility index (Phi) is 6.05. The Labute approximate surface area is 127 Å². The number of likely N-dealkylation sites (N-methyl/N-ethyl adjacent to an activating group) is 1. The molecule has 4 nitrogen and oxygen atoms in total. The number of carboxylic acids is 1. The van der Waals surface area contributed by atoms with E-state index in [1.165, 1.54) is 11.0 Å². The van der Waals surface area contributed by atoms with Gasteiger partial charge in [0, 0.05) is 29.7 Å². The summed E-state index contributed by atoms with van der Waals surface area (Å²) in [5.74, 6) is -1.85. The summed E-state index contributed by atoms with van der Waals surface area (Å²) in [6.45, 7) is 1.69.